The fraction of sp³-hybridized carbons (Fsp3) is 0.750. The van der Waals surface area contributed by atoms with Crippen molar-refractivity contribution in [1.82, 2.24) is 0 Å². The van der Waals surface area contributed by atoms with Gasteiger partial charge in [0.05, 0.1) is 0 Å². The molecule has 0 spiro atoms. The van der Waals surface area contributed by atoms with Crippen molar-refractivity contribution in [2.24, 2.45) is 17.8 Å². The maximum absolute atomic E-state index is 13.7. The van der Waals surface area contributed by atoms with Gasteiger partial charge in [0.2, 0.25) is 0 Å². The van der Waals surface area contributed by atoms with Gasteiger partial charge in [-0.15, -0.1) is 0 Å². The second kappa shape index (κ2) is 10.2. The van der Waals surface area contributed by atoms with Crippen LogP contribution in [0.25, 0.3) is 0 Å². The van der Waals surface area contributed by atoms with Crippen molar-refractivity contribution in [2.45, 2.75) is 96.3 Å². The van der Waals surface area contributed by atoms with Crippen LogP contribution < -0.4 is 0 Å². The number of hydrogen-bond acceptors (Lipinski definition) is 0. The van der Waals surface area contributed by atoms with E-state index in [4.69, 9.17) is 11.6 Å². The molecule has 0 N–H and O–H groups in total. The largest absolute Gasteiger partial charge is 0.205 e. The van der Waals surface area contributed by atoms with Gasteiger partial charge in [0, 0.05) is 0 Å². The van der Waals surface area contributed by atoms with E-state index in [1.807, 2.05) is 0 Å². The predicted molar refractivity (Wildman–Crippen MR) is 110 cm³/mol. The highest BCUT2D eigenvalue weighted by molar-refractivity contribution is 6.30. The van der Waals surface area contributed by atoms with Crippen LogP contribution in [0.5, 0.6) is 0 Å². The van der Waals surface area contributed by atoms with Gasteiger partial charge in [-0.2, -0.15) is 0 Å². The molecular formula is C24H35ClF2. The average Bonchev–Trinajstić information content (AvgIpc) is 2.68. The third-order valence-corrected chi connectivity index (χ3v) is 7.57. The SMILES string of the molecule is CCCC1CCC(CCCC2CCC(c3cc(F)c(Cl)c(F)c3)CC2)CC1. The molecule has 2 aliphatic carbocycles. The number of benzene rings is 1. The normalized spacial score (nSPS) is 29.0. The smallest absolute Gasteiger partial charge is 0.145 e. The van der Waals surface area contributed by atoms with E-state index >= 15 is 0 Å². The van der Waals surface area contributed by atoms with Crippen LogP contribution in [0.1, 0.15) is 102 Å². The van der Waals surface area contributed by atoms with Crippen molar-refractivity contribution in [3.63, 3.8) is 0 Å². The molecule has 0 aromatic heterocycles. The Kier molecular flexibility index (Phi) is 7.99. The molecule has 0 atom stereocenters. The first-order valence-corrected chi connectivity index (χ1v) is 11.6. The molecule has 3 rings (SSSR count). The third kappa shape index (κ3) is 5.92. The Hall–Kier alpha value is -0.630. The van der Waals surface area contributed by atoms with Crippen LogP contribution in [0.15, 0.2) is 12.1 Å². The van der Waals surface area contributed by atoms with Crippen molar-refractivity contribution in [3.8, 4) is 0 Å². The maximum Gasteiger partial charge on any atom is 0.145 e. The molecule has 27 heavy (non-hydrogen) atoms. The van der Waals surface area contributed by atoms with E-state index in [9.17, 15) is 8.78 Å². The van der Waals surface area contributed by atoms with Gasteiger partial charge in [0.1, 0.15) is 16.7 Å². The molecule has 0 amide bonds. The lowest BCUT2D eigenvalue weighted by atomic mass is 9.75. The van der Waals surface area contributed by atoms with E-state index in [0.717, 1.165) is 36.2 Å². The number of halogens is 3. The van der Waals surface area contributed by atoms with Gasteiger partial charge >= 0.3 is 0 Å². The molecule has 0 saturated heterocycles. The molecule has 2 aliphatic rings. The standard InChI is InChI=1S/C24H35ClF2/c1-2-4-17-7-9-18(10-8-17)5-3-6-19-11-13-20(14-12-19)21-15-22(26)24(25)23(27)16-21/h15-20H,2-14H2,1H3. The van der Waals surface area contributed by atoms with Crippen LogP contribution >= 0.6 is 11.6 Å². The van der Waals surface area contributed by atoms with E-state index in [1.165, 1.54) is 82.8 Å². The van der Waals surface area contributed by atoms with Crippen molar-refractivity contribution in [2.75, 3.05) is 0 Å². The maximum atomic E-state index is 13.7. The quantitative estimate of drug-likeness (QED) is 0.404. The van der Waals surface area contributed by atoms with Crippen LogP contribution in [0, 0.1) is 29.4 Å². The summed E-state index contributed by atoms with van der Waals surface area (Å²) >= 11 is 5.61. The number of hydrogen-bond donors (Lipinski definition) is 0. The lowest BCUT2D eigenvalue weighted by Crippen LogP contribution is -2.16. The molecule has 152 valence electrons. The first-order valence-electron chi connectivity index (χ1n) is 11.2. The topological polar surface area (TPSA) is 0 Å². The summed E-state index contributed by atoms with van der Waals surface area (Å²) in [5, 5.41) is -0.379. The molecule has 2 saturated carbocycles. The Morgan fingerprint density at radius 1 is 0.778 bits per heavy atom. The van der Waals surface area contributed by atoms with Gasteiger partial charge in [-0.05, 0) is 67.1 Å². The van der Waals surface area contributed by atoms with Gasteiger partial charge in [-0.25, -0.2) is 8.78 Å². The Morgan fingerprint density at radius 2 is 1.22 bits per heavy atom. The number of rotatable bonds is 7. The second-order valence-electron chi connectivity index (χ2n) is 9.12. The van der Waals surface area contributed by atoms with Crippen molar-refractivity contribution < 1.29 is 8.78 Å². The fourth-order valence-corrected chi connectivity index (χ4v) is 5.62. The zero-order chi connectivity index (χ0) is 19.2. The molecule has 2 fully saturated rings. The summed E-state index contributed by atoms with van der Waals surface area (Å²) in [6.07, 6.45) is 17.2. The third-order valence-electron chi connectivity index (χ3n) is 7.21. The van der Waals surface area contributed by atoms with E-state index in [2.05, 4.69) is 6.92 Å². The van der Waals surface area contributed by atoms with Crippen LogP contribution in [-0.2, 0) is 0 Å². The van der Waals surface area contributed by atoms with Gasteiger partial charge in [-0.3, -0.25) is 0 Å². The summed E-state index contributed by atoms with van der Waals surface area (Å²) in [6.45, 7) is 2.31. The van der Waals surface area contributed by atoms with Gasteiger partial charge in [-0.1, -0.05) is 76.3 Å². The Balaban J connectivity index is 1.35. The molecule has 0 heterocycles. The highest BCUT2D eigenvalue weighted by Crippen LogP contribution is 2.40. The highest BCUT2D eigenvalue weighted by Gasteiger charge is 2.25. The Labute approximate surface area is 169 Å². The Bertz CT molecular complexity index is 561. The van der Waals surface area contributed by atoms with E-state index < -0.39 is 11.6 Å². The fourth-order valence-electron chi connectivity index (χ4n) is 5.51. The molecule has 0 nitrogen and oxygen atoms in total. The van der Waals surface area contributed by atoms with Gasteiger partial charge in [0.25, 0.3) is 0 Å². The summed E-state index contributed by atoms with van der Waals surface area (Å²) in [4.78, 5) is 0. The van der Waals surface area contributed by atoms with Crippen molar-refractivity contribution in [1.29, 1.82) is 0 Å². The van der Waals surface area contributed by atoms with Crippen molar-refractivity contribution in [3.05, 3.63) is 34.4 Å². The lowest BCUT2D eigenvalue weighted by Gasteiger charge is -2.31. The zero-order valence-electron chi connectivity index (χ0n) is 16.8. The van der Waals surface area contributed by atoms with E-state index in [1.54, 1.807) is 0 Å². The van der Waals surface area contributed by atoms with Crippen LogP contribution in [-0.4, -0.2) is 0 Å². The molecular weight excluding hydrogens is 362 g/mol. The zero-order valence-corrected chi connectivity index (χ0v) is 17.5. The van der Waals surface area contributed by atoms with Crippen molar-refractivity contribution >= 4 is 11.6 Å². The summed E-state index contributed by atoms with van der Waals surface area (Å²) in [5.74, 6) is 1.82. The van der Waals surface area contributed by atoms with Gasteiger partial charge < -0.3 is 0 Å². The molecule has 0 radical (unpaired) electrons. The molecule has 0 aliphatic heterocycles. The van der Waals surface area contributed by atoms with Gasteiger partial charge in [0.15, 0.2) is 0 Å². The first kappa shape index (κ1) is 21.1. The molecule has 1 aromatic rings. The van der Waals surface area contributed by atoms with E-state index in [-0.39, 0.29) is 10.9 Å². The van der Waals surface area contributed by atoms with Crippen LogP contribution in [0.2, 0.25) is 5.02 Å². The summed E-state index contributed by atoms with van der Waals surface area (Å²) in [5.41, 5.74) is 0.789. The lowest BCUT2D eigenvalue weighted by molar-refractivity contribution is 0.236. The minimum atomic E-state index is -0.623. The summed E-state index contributed by atoms with van der Waals surface area (Å²) in [7, 11) is 0. The molecule has 1 aromatic carbocycles. The van der Waals surface area contributed by atoms with E-state index in [0.29, 0.717) is 0 Å². The monoisotopic (exact) mass is 396 g/mol. The summed E-state index contributed by atoms with van der Waals surface area (Å²) < 4.78 is 27.4. The predicted octanol–water partition coefficient (Wildman–Crippen LogP) is 8.67. The first-order chi connectivity index (χ1) is 13.1. The minimum absolute atomic E-state index is 0.288. The minimum Gasteiger partial charge on any atom is -0.205 e. The second-order valence-corrected chi connectivity index (χ2v) is 9.50. The summed E-state index contributed by atoms with van der Waals surface area (Å²) in [6, 6.07) is 2.87. The molecule has 3 heteroatoms. The molecule has 0 bridgehead atoms. The van der Waals surface area contributed by atoms with Crippen LogP contribution in [0.4, 0.5) is 8.78 Å². The van der Waals surface area contributed by atoms with Crippen LogP contribution in [0.3, 0.4) is 0 Å². The highest BCUT2D eigenvalue weighted by atomic mass is 35.5. The Morgan fingerprint density at radius 3 is 1.70 bits per heavy atom. The molecule has 0 unspecified atom stereocenters. The average molecular weight is 397 g/mol.